The van der Waals surface area contributed by atoms with Crippen LogP contribution in [-0.2, 0) is 9.59 Å². The summed E-state index contributed by atoms with van der Waals surface area (Å²) < 4.78 is 0. The van der Waals surface area contributed by atoms with Crippen LogP contribution < -0.4 is 10.6 Å². The van der Waals surface area contributed by atoms with E-state index < -0.39 is 11.9 Å². The van der Waals surface area contributed by atoms with Crippen molar-refractivity contribution in [3.8, 4) is 0 Å². The average Bonchev–Trinajstić information content (AvgIpc) is 2.34. The van der Waals surface area contributed by atoms with Crippen LogP contribution in [-0.4, -0.2) is 97.4 Å². The molecule has 0 spiro atoms. The van der Waals surface area contributed by atoms with Gasteiger partial charge in [-0.25, -0.2) is 0 Å². The Hall–Kier alpha value is -0.0600. The van der Waals surface area contributed by atoms with Crippen molar-refractivity contribution in [2.45, 2.75) is 0 Å². The van der Waals surface area contributed by atoms with E-state index in [2.05, 4.69) is 10.6 Å². The van der Waals surface area contributed by atoms with Gasteiger partial charge in [0.05, 0.1) is 13.1 Å². The van der Waals surface area contributed by atoms with Crippen LogP contribution in [0.25, 0.3) is 0 Å². The molecule has 1 heterocycles. The van der Waals surface area contributed by atoms with Crippen LogP contribution in [0.2, 0.25) is 0 Å². The largest absolute Gasteiger partial charge is 0.480 e. The Balaban J connectivity index is -0.000000500. The van der Waals surface area contributed by atoms with Crippen molar-refractivity contribution in [3.05, 3.63) is 0 Å². The van der Waals surface area contributed by atoms with Gasteiger partial charge in [0.2, 0.25) is 0 Å². The molecule has 1 aliphatic rings. The van der Waals surface area contributed by atoms with Crippen LogP contribution in [0.15, 0.2) is 0 Å². The molecule has 24 heavy (non-hydrogen) atoms. The quantitative estimate of drug-likeness (QED) is 0.476. The predicted molar refractivity (Wildman–Crippen MR) is 103 cm³/mol. The molecule has 4 N–H and O–H groups in total. The molecule has 148 valence electrons. The SMILES string of the molecule is Cl.Cl.Cl.Cl.O=C(O)CN1CCNCCNCCN(CC(=O)O)CC1. The zero-order valence-electron chi connectivity index (χ0n) is 13.3. The number of nitrogens with one attached hydrogen (secondary N) is 2. The fourth-order valence-electron chi connectivity index (χ4n) is 2.11. The first kappa shape index (κ1) is 31.7. The average molecular weight is 434 g/mol. The molecule has 0 saturated carbocycles. The van der Waals surface area contributed by atoms with Crippen LogP contribution in [0.3, 0.4) is 0 Å². The molecular weight excluding hydrogens is 406 g/mol. The molecule has 12 heteroatoms. The van der Waals surface area contributed by atoms with Gasteiger partial charge in [0.25, 0.3) is 0 Å². The van der Waals surface area contributed by atoms with E-state index in [1.165, 1.54) is 0 Å². The topological polar surface area (TPSA) is 105 Å². The molecule has 1 saturated heterocycles. The number of carboxylic acids is 2. The number of hydrogen-bond donors (Lipinski definition) is 4. The van der Waals surface area contributed by atoms with Crippen LogP contribution in [0.1, 0.15) is 0 Å². The maximum absolute atomic E-state index is 10.8. The first-order valence-electron chi connectivity index (χ1n) is 6.87. The van der Waals surface area contributed by atoms with E-state index >= 15 is 0 Å². The van der Waals surface area contributed by atoms with Crippen LogP contribution in [0.5, 0.6) is 0 Å². The fraction of sp³-hybridized carbons (Fsp3) is 0.833. The molecule has 0 bridgehead atoms. The van der Waals surface area contributed by atoms with Gasteiger partial charge in [0.1, 0.15) is 0 Å². The molecule has 0 aliphatic carbocycles. The molecular formula is C12H28Cl4N4O4. The van der Waals surface area contributed by atoms with E-state index in [0.29, 0.717) is 26.2 Å². The summed E-state index contributed by atoms with van der Waals surface area (Å²) in [5.74, 6) is -1.72. The molecule has 1 aliphatic heterocycles. The second-order valence-corrected chi connectivity index (χ2v) is 4.84. The van der Waals surface area contributed by atoms with Crippen molar-refractivity contribution < 1.29 is 19.8 Å². The summed E-state index contributed by atoms with van der Waals surface area (Å²) in [7, 11) is 0. The van der Waals surface area contributed by atoms with E-state index in [1.54, 1.807) is 0 Å². The Labute approximate surface area is 167 Å². The number of aliphatic carboxylic acids is 2. The van der Waals surface area contributed by atoms with Crippen molar-refractivity contribution in [3.63, 3.8) is 0 Å². The number of hydrogen-bond acceptors (Lipinski definition) is 6. The molecule has 0 atom stereocenters. The second-order valence-electron chi connectivity index (χ2n) is 4.84. The number of rotatable bonds is 4. The number of carbonyl (C=O) groups is 2. The van der Waals surface area contributed by atoms with Gasteiger partial charge in [0, 0.05) is 52.4 Å². The maximum Gasteiger partial charge on any atom is 0.317 e. The molecule has 0 aromatic carbocycles. The van der Waals surface area contributed by atoms with Gasteiger partial charge in [-0.2, -0.15) is 0 Å². The van der Waals surface area contributed by atoms with Gasteiger partial charge in [-0.15, -0.1) is 49.6 Å². The number of halogens is 4. The van der Waals surface area contributed by atoms with Gasteiger partial charge in [-0.1, -0.05) is 0 Å². The Morgan fingerprint density at radius 1 is 0.667 bits per heavy atom. The highest BCUT2D eigenvalue weighted by Gasteiger charge is 2.14. The Bertz CT molecular complexity index is 299. The monoisotopic (exact) mass is 432 g/mol. The third-order valence-corrected chi connectivity index (χ3v) is 3.14. The summed E-state index contributed by atoms with van der Waals surface area (Å²) in [5.41, 5.74) is 0. The Kier molecular flexibility index (Phi) is 25.4. The second kappa shape index (κ2) is 19.3. The lowest BCUT2D eigenvalue weighted by atomic mass is 10.3. The molecule has 1 rings (SSSR count). The molecule has 8 nitrogen and oxygen atoms in total. The molecule has 0 amide bonds. The van der Waals surface area contributed by atoms with Gasteiger partial charge >= 0.3 is 11.9 Å². The first-order chi connectivity index (χ1) is 9.58. The van der Waals surface area contributed by atoms with Crippen molar-refractivity contribution >= 4 is 61.6 Å². The summed E-state index contributed by atoms with van der Waals surface area (Å²) in [5, 5.41) is 24.3. The fourth-order valence-corrected chi connectivity index (χ4v) is 2.11. The van der Waals surface area contributed by atoms with E-state index in [-0.39, 0.29) is 62.7 Å². The summed E-state index contributed by atoms with van der Waals surface area (Å²) in [6.07, 6.45) is 0. The predicted octanol–water partition coefficient (Wildman–Crippen LogP) is -0.360. The van der Waals surface area contributed by atoms with Crippen LogP contribution >= 0.6 is 49.6 Å². The lowest BCUT2D eigenvalue weighted by Gasteiger charge is -2.26. The van der Waals surface area contributed by atoms with Crippen molar-refractivity contribution in [2.24, 2.45) is 0 Å². The standard InChI is InChI=1S/C12H24N4O4.4ClH/c17-11(18)9-15-5-3-13-1-2-14-4-6-16(8-7-15)10-12(19)20;;;;/h13-14H,1-10H2,(H,17,18)(H,19,20);4*1H. The zero-order valence-corrected chi connectivity index (χ0v) is 16.6. The third-order valence-electron chi connectivity index (χ3n) is 3.14. The third kappa shape index (κ3) is 16.8. The normalized spacial score (nSPS) is 17.3. The van der Waals surface area contributed by atoms with Crippen LogP contribution in [0.4, 0.5) is 0 Å². The lowest BCUT2D eigenvalue weighted by Crippen LogP contribution is -2.45. The molecule has 0 unspecified atom stereocenters. The highest BCUT2D eigenvalue weighted by molar-refractivity contribution is 5.86. The molecule has 1 fully saturated rings. The lowest BCUT2D eigenvalue weighted by molar-refractivity contribution is -0.140. The van der Waals surface area contributed by atoms with Gasteiger partial charge in [-0.05, 0) is 0 Å². The molecule has 0 aromatic heterocycles. The molecule has 0 radical (unpaired) electrons. The van der Waals surface area contributed by atoms with E-state index in [1.807, 2.05) is 9.80 Å². The van der Waals surface area contributed by atoms with Gasteiger partial charge in [-0.3, -0.25) is 19.4 Å². The smallest absolute Gasteiger partial charge is 0.317 e. The van der Waals surface area contributed by atoms with Gasteiger partial charge < -0.3 is 20.8 Å². The van der Waals surface area contributed by atoms with Crippen molar-refractivity contribution in [1.82, 2.24) is 20.4 Å². The minimum atomic E-state index is -0.858. The highest BCUT2D eigenvalue weighted by atomic mass is 35.5. The number of carboxylic acid groups (broad SMARTS) is 2. The maximum atomic E-state index is 10.8. The Morgan fingerprint density at radius 3 is 1.29 bits per heavy atom. The minimum absolute atomic E-state index is 0. The van der Waals surface area contributed by atoms with Crippen LogP contribution in [0, 0.1) is 0 Å². The summed E-state index contributed by atoms with van der Waals surface area (Å²) in [4.78, 5) is 25.3. The number of nitrogens with zero attached hydrogens (tertiary/aromatic N) is 2. The van der Waals surface area contributed by atoms with E-state index in [9.17, 15) is 9.59 Å². The van der Waals surface area contributed by atoms with E-state index in [0.717, 1.165) is 26.2 Å². The summed E-state index contributed by atoms with van der Waals surface area (Å²) in [6.45, 7) is 5.48. The van der Waals surface area contributed by atoms with Crippen molar-refractivity contribution in [2.75, 3.05) is 65.4 Å². The zero-order chi connectivity index (χ0) is 14.8. The van der Waals surface area contributed by atoms with Crippen molar-refractivity contribution in [1.29, 1.82) is 0 Å². The highest BCUT2D eigenvalue weighted by Crippen LogP contribution is 1.94. The summed E-state index contributed by atoms with van der Waals surface area (Å²) in [6, 6.07) is 0. The molecule has 0 aromatic rings. The first-order valence-corrected chi connectivity index (χ1v) is 6.87. The van der Waals surface area contributed by atoms with Gasteiger partial charge in [0.15, 0.2) is 0 Å². The minimum Gasteiger partial charge on any atom is -0.480 e. The Morgan fingerprint density at radius 2 is 1.00 bits per heavy atom. The van der Waals surface area contributed by atoms with E-state index in [4.69, 9.17) is 10.2 Å². The summed E-state index contributed by atoms with van der Waals surface area (Å²) >= 11 is 0.